The fraction of sp³-hybridized carbons (Fsp3) is 0.409. The average Bonchev–Trinajstić information content (AvgIpc) is 3.17. The normalized spacial score (nSPS) is 15.1. The highest BCUT2D eigenvalue weighted by atomic mass is 32.1. The van der Waals surface area contributed by atoms with Crippen LogP contribution in [-0.4, -0.2) is 61.0 Å². The number of likely N-dealkylation sites (N-methyl/N-ethyl adjacent to an activating group) is 1. The first kappa shape index (κ1) is 20.7. The molecule has 3 heterocycles. The van der Waals surface area contributed by atoms with Crippen molar-refractivity contribution in [2.24, 2.45) is 5.92 Å². The average molecular weight is 428 g/mol. The number of anilines is 1. The molecule has 8 heteroatoms. The van der Waals surface area contributed by atoms with E-state index in [4.69, 9.17) is 4.98 Å². The monoisotopic (exact) mass is 427 g/mol. The van der Waals surface area contributed by atoms with Crippen LogP contribution in [0.3, 0.4) is 0 Å². The summed E-state index contributed by atoms with van der Waals surface area (Å²) >= 11 is 1.52. The summed E-state index contributed by atoms with van der Waals surface area (Å²) in [5.74, 6) is -0.0689. The van der Waals surface area contributed by atoms with Gasteiger partial charge in [-0.1, -0.05) is 23.5 Å². The fourth-order valence-electron chi connectivity index (χ4n) is 3.64. The highest BCUT2D eigenvalue weighted by Crippen LogP contribution is 2.32. The van der Waals surface area contributed by atoms with Crippen LogP contribution >= 0.6 is 11.3 Å². The van der Waals surface area contributed by atoms with Gasteiger partial charge in [0, 0.05) is 37.7 Å². The number of aromatic nitrogens is 2. The van der Waals surface area contributed by atoms with Crippen molar-refractivity contribution in [2.45, 2.75) is 12.8 Å². The summed E-state index contributed by atoms with van der Waals surface area (Å²) in [5, 5.41) is 3.95. The number of carbonyl (C=O) groups excluding carboxylic acids is 1. The smallest absolute Gasteiger partial charge is 0.223 e. The van der Waals surface area contributed by atoms with Crippen molar-refractivity contribution < 1.29 is 9.18 Å². The van der Waals surface area contributed by atoms with E-state index in [0.29, 0.717) is 17.8 Å². The maximum Gasteiger partial charge on any atom is 0.223 e. The Labute approximate surface area is 179 Å². The number of carbonyl (C=O) groups is 1. The Balaban J connectivity index is 1.41. The Kier molecular flexibility index (Phi) is 6.24. The summed E-state index contributed by atoms with van der Waals surface area (Å²) in [6.07, 6.45) is 1.63. The predicted octanol–water partition coefficient (Wildman–Crippen LogP) is 3.39. The summed E-state index contributed by atoms with van der Waals surface area (Å²) in [4.78, 5) is 26.8. The van der Waals surface area contributed by atoms with Crippen molar-refractivity contribution in [3.63, 3.8) is 0 Å². The lowest BCUT2D eigenvalue weighted by atomic mass is 9.96. The van der Waals surface area contributed by atoms with Crippen molar-refractivity contribution in [3.8, 4) is 11.3 Å². The summed E-state index contributed by atoms with van der Waals surface area (Å²) in [6, 6.07) is 10.4. The summed E-state index contributed by atoms with van der Waals surface area (Å²) < 4.78 is 14.1. The third-order valence-corrected chi connectivity index (χ3v) is 6.41. The van der Waals surface area contributed by atoms with Crippen LogP contribution in [0.4, 0.5) is 9.52 Å². The molecular formula is C22H26FN5OS. The van der Waals surface area contributed by atoms with E-state index in [2.05, 4.69) is 20.1 Å². The molecule has 1 aromatic carbocycles. The zero-order valence-electron chi connectivity index (χ0n) is 17.3. The minimum atomic E-state index is -0.278. The molecule has 0 saturated carbocycles. The minimum absolute atomic E-state index is 0.0589. The summed E-state index contributed by atoms with van der Waals surface area (Å²) in [5.41, 5.74) is 1.93. The van der Waals surface area contributed by atoms with E-state index >= 15 is 0 Å². The molecule has 1 aliphatic rings. The lowest BCUT2D eigenvalue weighted by Crippen LogP contribution is -2.42. The third-order valence-electron chi connectivity index (χ3n) is 5.39. The van der Waals surface area contributed by atoms with E-state index in [1.165, 1.54) is 17.4 Å². The van der Waals surface area contributed by atoms with Crippen LogP contribution < -0.4 is 10.2 Å². The number of thiazole rings is 1. The molecule has 2 aromatic heterocycles. The maximum absolute atomic E-state index is 14.1. The van der Waals surface area contributed by atoms with Crippen LogP contribution in [0, 0.1) is 11.7 Å². The summed E-state index contributed by atoms with van der Waals surface area (Å²) in [7, 11) is 3.99. The van der Waals surface area contributed by atoms with E-state index in [-0.39, 0.29) is 17.6 Å². The minimum Gasteiger partial charge on any atom is -0.355 e. The molecule has 3 aromatic rings. The van der Waals surface area contributed by atoms with E-state index in [1.807, 2.05) is 32.3 Å². The Morgan fingerprint density at radius 2 is 1.97 bits per heavy atom. The second-order valence-corrected chi connectivity index (χ2v) is 8.81. The fourth-order valence-corrected chi connectivity index (χ4v) is 4.63. The van der Waals surface area contributed by atoms with Crippen molar-refractivity contribution in [1.82, 2.24) is 20.2 Å². The molecule has 0 radical (unpaired) electrons. The topological polar surface area (TPSA) is 61.4 Å². The van der Waals surface area contributed by atoms with Crippen molar-refractivity contribution in [3.05, 3.63) is 42.2 Å². The molecule has 0 aliphatic carbocycles. The Morgan fingerprint density at radius 1 is 1.20 bits per heavy atom. The van der Waals surface area contributed by atoms with E-state index in [1.54, 1.807) is 12.1 Å². The molecule has 1 aliphatic heterocycles. The van der Waals surface area contributed by atoms with Gasteiger partial charge < -0.3 is 15.1 Å². The molecule has 1 amide bonds. The number of amides is 1. The maximum atomic E-state index is 14.1. The molecule has 1 fully saturated rings. The van der Waals surface area contributed by atoms with Crippen LogP contribution in [0.1, 0.15) is 12.8 Å². The second kappa shape index (κ2) is 9.06. The second-order valence-electron chi connectivity index (χ2n) is 7.85. The van der Waals surface area contributed by atoms with Crippen LogP contribution in [0.2, 0.25) is 0 Å². The van der Waals surface area contributed by atoms with Crippen molar-refractivity contribution >= 4 is 32.7 Å². The van der Waals surface area contributed by atoms with Gasteiger partial charge in [0.15, 0.2) is 5.13 Å². The van der Waals surface area contributed by atoms with Crippen LogP contribution in [-0.2, 0) is 4.79 Å². The number of benzene rings is 1. The van der Waals surface area contributed by atoms with E-state index in [0.717, 1.165) is 48.0 Å². The number of halogens is 1. The largest absolute Gasteiger partial charge is 0.355 e. The first-order valence-corrected chi connectivity index (χ1v) is 11.0. The molecule has 6 nitrogen and oxygen atoms in total. The van der Waals surface area contributed by atoms with Gasteiger partial charge in [-0.05, 0) is 51.2 Å². The Hall–Kier alpha value is -2.58. The molecule has 158 valence electrons. The van der Waals surface area contributed by atoms with Crippen LogP contribution in [0.15, 0.2) is 36.4 Å². The molecule has 30 heavy (non-hydrogen) atoms. The number of fused-ring (bicyclic) bond motifs is 1. The van der Waals surface area contributed by atoms with Crippen LogP contribution in [0.5, 0.6) is 0 Å². The molecule has 0 atom stereocenters. The Morgan fingerprint density at radius 3 is 2.70 bits per heavy atom. The number of hydrogen-bond acceptors (Lipinski definition) is 6. The van der Waals surface area contributed by atoms with Gasteiger partial charge in [0.2, 0.25) is 5.91 Å². The number of hydrogen-bond donors (Lipinski definition) is 1. The van der Waals surface area contributed by atoms with E-state index < -0.39 is 0 Å². The SMILES string of the molecule is CN(C)CCNC(=O)C1CCN(c2nc3ccc(-c4ccccc4F)nc3s2)CC1. The molecule has 0 spiro atoms. The first-order chi connectivity index (χ1) is 14.5. The van der Waals surface area contributed by atoms with Crippen LogP contribution in [0.25, 0.3) is 21.6 Å². The predicted molar refractivity (Wildman–Crippen MR) is 119 cm³/mol. The number of pyridine rings is 1. The van der Waals surface area contributed by atoms with Gasteiger partial charge in [-0.2, -0.15) is 0 Å². The number of piperidine rings is 1. The van der Waals surface area contributed by atoms with Gasteiger partial charge in [-0.3, -0.25) is 4.79 Å². The zero-order valence-corrected chi connectivity index (χ0v) is 18.1. The van der Waals surface area contributed by atoms with Gasteiger partial charge in [0.1, 0.15) is 16.2 Å². The molecular weight excluding hydrogens is 401 g/mol. The lowest BCUT2D eigenvalue weighted by Gasteiger charge is -2.31. The van der Waals surface area contributed by atoms with Gasteiger partial charge in [0.25, 0.3) is 0 Å². The van der Waals surface area contributed by atoms with Gasteiger partial charge in [-0.25, -0.2) is 14.4 Å². The lowest BCUT2D eigenvalue weighted by molar-refractivity contribution is -0.125. The van der Waals surface area contributed by atoms with Crippen molar-refractivity contribution in [1.29, 1.82) is 0 Å². The van der Waals surface area contributed by atoms with Gasteiger partial charge in [0.05, 0.1) is 5.69 Å². The van der Waals surface area contributed by atoms with Crippen molar-refractivity contribution in [2.75, 3.05) is 45.2 Å². The Bertz CT molecular complexity index is 1030. The molecule has 1 saturated heterocycles. The summed E-state index contributed by atoms with van der Waals surface area (Å²) in [6.45, 7) is 3.12. The quantitative estimate of drug-likeness (QED) is 0.653. The molecule has 0 bridgehead atoms. The highest BCUT2D eigenvalue weighted by molar-refractivity contribution is 7.21. The van der Waals surface area contributed by atoms with Gasteiger partial charge in [-0.15, -0.1) is 0 Å². The molecule has 1 N–H and O–H groups in total. The van der Waals surface area contributed by atoms with E-state index in [9.17, 15) is 9.18 Å². The molecule has 0 unspecified atom stereocenters. The standard InChI is InChI=1S/C22H26FN5OS/c1-27(2)14-11-24-20(29)15-9-12-28(13-10-15)22-26-19-8-7-18(25-21(19)30-22)16-5-3-4-6-17(16)23/h3-8,15H,9-14H2,1-2H3,(H,24,29). The van der Waals surface area contributed by atoms with Gasteiger partial charge >= 0.3 is 0 Å². The number of nitrogens with zero attached hydrogens (tertiary/aromatic N) is 4. The number of nitrogens with one attached hydrogen (secondary N) is 1. The zero-order chi connectivity index (χ0) is 21.1. The molecule has 4 rings (SSSR count). The third kappa shape index (κ3) is 4.60. The first-order valence-electron chi connectivity index (χ1n) is 10.2. The highest BCUT2D eigenvalue weighted by Gasteiger charge is 2.26. The number of rotatable bonds is 6.